The van der Waals surface area contributed by atoms with Gasteiger partial charge in [0.25, 0.3) is 60.7 Å². The summed E-state index contributed by atoms with van der Waals surface area (Å²) >= 11 is 0. The smallest absolute Gasteiger partial charge is 0.282 e. The van der Waals surface area contributed by atoms with Crippen LogP contribution in [0.3, 0.4) is 0 Å². The Morgan fingerprint density at radius 1 is 0.364 bits per heavy atom. The molecule has 0 fully saturated rings. The van der Waals surface area contributed by atoms with Gasteiger partial charge in [-0.3, -0.25) is 27.3 Å². The number of hydrogen-bond donors (Lipinski definition) is 6. The van der Waals surface area contributed by atoms with Gasteiger partial charge in [-0.25, -0.2) is 0 Å². The van der Waals surface area contributed by atoms with Crippen molar-refractivity contribution in [1.29, 1.82) is 0 Å². The number of fused-ring (bicyclic) bond motifs is 2. The molecule has 6 N–H and O–H groups in total. The maximum absolute atomic E-state index is 12.7. The number of rotatable bonds is 7. The Morgan fingerprint density at radius 3 is 1.23 bits per heavy atom. The van der Waals surface area contributed by atoms with Gasteiger partial charge in [0, 0.05) is 27.1 Å². The lowest BCUT2D eigenvalue weighted by Gasteiger charge is -2.18. The van der Waals surface area contributed by atoms with Gasteiger partial charge in [0.05, 0.1) is 9.79 Å². The number of benzene rings is 4. The van der Waals surface area contributed by atoms with E-state index in [-0.39, 0.29) is 12.1 Å². The molecule has 0 aliphatic carbocycles. The number of hydrogen-bond acceptors (Lipinski definition) is 12. The van der Waals surface area contributed by atoms with E-state index in [1.165, 1.54) is 0 Å². The van der Waals surface area contributed by atoms with E-state index in [1.807, 2.05) is 0 Å². The summed E-state index contributed by atoms with van der Waals surface area (Å²) in [6.07, 6.45) is 0. The van der Waals surface area contributed by atoms with Crippen molar-refractivity contribution in [1.82, 2.24) is 0 Å². The molecule has 44 heavy (non-hydrogen) atoms. The first-order valence-electron chi connectivity index (χ1n) is 10.7. The van der Waals surface area contributed by atoms with Crippen LogP contribution in [0, 0.1) is 0 Å². The van der Waals surface area contributed by atoms with Crippen LogP contribution in [0.5, 0.6) is 0 Å². The van der Waals surface area contributed by atoms with Gasteiger partial charge in [0.1, 0.15) is 19.6 Å². The second-order valence-corrected chi connectivity index (χ2v) is 17.1. The van der Waals surface area contributed by atoms with Crippen molar-refractivity contribution in [2.24, 2.45) is 0 Å². The van der Waals surface area contributed by atoms with E-state index < -0.39 is 123 Å². The molecule has 0 atom stereocenters. The molecule has 24 heteroatoms. The van der Waals surface area contributed by atoms with Gasteiger partial charge in [-0.2, -0.15) is 50.5 Å². The fourth-order valence-electron chi connectivity index (χ4n) is 4.40. The van der Waals surface area contributed by atoms with Gasteiger partial charge < -0.3 is 0 Å². The van der Waals surface area contributed by atoms with Crippen molar-refractivity contribution < 1.29 is 77.8 Å². The minimum Gasteiger partial charge on any atom is -0.282 e. The van der Waals surface area contributed by atoms with Gasteiger partial charge in [0.2, 0.25) is 0 Å². The monoisotopic (exact) mass is 734 g/mol. The quantitative estimate of drug-likeness (QED) is 0.145. The molecule has 0 aliphatic heterocycles. The molecular weight excluding hydrogens is 721 g/mol. The van der Waals surface area contributed by atoms with Crippen molar-refractivity contribution in [2.45, 2.75) is 29.4 Å². The van der Waals surface area contributed by atoms with E-state index in [2.05, 4.69) is 0 Å². The Kier molecular flexibility index (Phi) is 7.81. The zero-order valence-corrected chi connectivity index (χ0v) is 25.5. The van der Waals surface area contributed by atoms with Crippen molar-refractivity contribution >= 4 is 82.3 Å². The van der Waals surface area contributed by atoms with Crippen LogP contribution in [0.25, 0.3) is 32.7 Å². The highest BCUT2D eigenvalue weighted by atomic mass is 32.2. The van der Waals surface area contributed by atoms with Crippen LogP contribution in [-0.4, -0.2) is 77.8 Å². The average Bonchev–Trinajstić information content (AvgIpc) is 2.82. The summed E-state index contributed by atoms with van der Waals surface area (Å²) in [6.45, 7) is 0. The van der Waals surface area contributed by atoms with Crippen LogP contribution in [-0.2, 0) is 60.7 Å². The predicted molar refractivity (Wildman–Crippen MR) is 146 cm³/mol. The Balaban J connectivity index is 2.43. The molecule has 4 rings (SSSR count). The van der Waals surface area contributed by atoms with Gasteiger partial charge >= 0.3 is 0 Å². The second kappa shape index (κ2) is 10.2. The largest absolute Gasteiger partial charge is 0.295 e. The molecule has 0 saturated heterocycles. The van der Waals surface area contributed by atoms with Gasteiger partial charge in [-0.15, -0.1) is 0 Å². The molecule has 4 aromatic rings. The maximum Gasteiger partial charge on any atom is 0.295 e. The lowest BCUT2D eigenvalue weighted by molar-refractivity contribution is 0.477. The van der Waals surface area contributed by atoms with Crippen LogP contribution in [0.4, 0.5) is 0 Å². The summed E-state index contributed by atoms with van der Waals surface area (Å²) in [5.74, 6) is 0. The lowest BCUT2D eigenvalue weighted by atomic mass is 9.96. The molecule has 0 heterocycles. The van der Waals surface area contributed by atoms with Gasteiger partial charge in [-0.05, 0) is 35.9 Å². The molecule has 0 saturated carbocycles. The van der Waals surface area contributed by atoms with Crippen molar-refractivity contribution in [3.8, 4) is 11.1 Å². The predicted octanol–water partition coefficient (Wildman–Crippen LogP) is 1.14. The van der Waals surface area contributed by atoms with Crippen LogP contribution >= 0.6 is 0 Å². The van der Waals surface area contributed by atoms with E-state index in [1.54, 1.807) is 0 Å². The topological polar surface area (TPSA) is 326 Å². The minimum atomic E-state index is -5.69. The fraction of sp³-hybridized carbons (Fsp3) is 0. The highest BCUT2D eigenvalue weighted by Crippen LogP contribution is 2.43. The highest BCUT2D eigenvalue weighted by molar-refractivity contribution is 7.88. The minimum absolute atomic E-state index is 0.130. The summed E-state index contributed by atoms with van der Waals surface area (Å²) in [6, 6.07) is 3.53. The van der Waals surface area contributed by atoms with Gasteiger partial charge in [0.15, 0.2) is 0 Å². The van der Waals surface area contributed by atoms with E-state index in [0.29, 0.717) is 30.3 Å². The lowest BCUT2D eigenvalue weighted by Crippen LogP contribution is -2.10. The first-order chi connectivity index (χ1) is 19.6. The van der Waals surface area contributed by atoms with Crippen molar-refractivity contribution in [3.63, 3.8) is 0 Å². The average molecular weight is 735 g/mol. The first kappa shape index (κ1) is 33.7. The Labute approximate surface area is 248 Å². The van der Waals surface area contributed by atoms with Crippen LogP contribution in [0.15, 0.2) is 77.9 Å². The SMILES string of the molecule is O=S(=O)(O)c1cc(S(=O)(=O)O)c2ccc(-c3ccc(S(=O)(=O)O)c4cc(S(=O)(=O)O)cc(S(=O)(=O)O)c34)c(S(=O)(=O)O)c2c1. The summed E-state index contributed by atoms with van der Waals surface area (Å²) in [5.41, 5.74) is -1.67. The maximum atomic E-state index is 12.7. The van der Waals surface area contributed by atoms with Crippen molar-refractivity contribution in [2.75, 3.05) is 0 Å². The van der Waals surface area contributed by atoms with E-state index in [4.69, 9.17) is 0 Å². The van der Waals surface area contributed by atoms with Gasteiger partial charge in [-0.1, -0.05) is 18.2 Å². The molecule has 0 bridgehead atoms. The van der Waals surface area contributed by atoms with Crippen LogP contribution < -0.4 is 0 Å². The van der Waals surface area contributed by atoms with Crippen molar-refractivity contribution in [3.05, 3.63) is 48.5 Å². The Hall–Kier alpha value is -3.14. The van der Waals surface area contributed by atoms with E-state index in [9.17, 15) is 77.8 Å². The third kappa shape index (κ3) is 6.19. The molecule has 238 valence electrons. The standard InChI is InChI=1S/C20H14O18S6/c21-39(22,23)9-5-14-11(17(7-9)42(30,31)32)1-2-13(20(14)44(36,37)38)12-3-4-16(41(27,28)29)15-6-10(40(24,25)26)8-18(19(12)15)43(33,34)35/h1-8H,(H,21,22,23)(H,24,25,26)(H,27,28,29)(H,30,31,32)(H,33,34,35)(H,36,37,38). The molecule has 0 radical (unpaired) electrons. The highest BCUT2D eigenvalue weighted by Gasteiger charge is 2.31. The Morgan fingerprint density at radius 2 is 0.795 bits per heavy atom. The zero-order valence-electron chi connectivity index (χ0n) is 20.7. The fourth-order valence-corrected chi connectivity index (χ4v) is 8.68. The first-order valence-corrected chi connectivity index (χ1v) is 19.3. The Bertz CT molecular complexity index is 2620. The third-order valence-corrected chi connectivity index (χ3v) is 11.3. The summed E-state index contributed by atoms with van der Waals surface area (Å²) in [7, 11) is -32.8. The molecule has 0 aliphatic rings. The summed E-state index contributed by atoms with van der Waals surface area (Å²) in [5, 5.41) is -3.90. The second-order valence-electron chi connectivity index (χ2n) is 8.76. The molecule has 0 aromatic heterocycles. The van der Waals surface area contributed by atoms with Crippen LogP contribution in [0.1, 0.15) is 0 Å². The third-order valence-electron chi connectivity index (χ3n) is 6.01. The normalized spacial score (nSPS) is 13.9. The summed E-state index contributed by atoms with van der Waals surface area (Å²) in [4.78, 5) is -8.09. The molecule has 0 amide bonds. The molecule has 0 spiro atoms. The molecule has 18 nitrogen and oxygen atoms in total. The summed E-state index contributed by atoms with van der Waals surface area (Å²) < 4.78 is 204. The molecule has 4 aromatic carbocycles. The zero-order chi connectivity index (χ0) is 33.6. The van der Waals surface area contributed by atoms with E-state index in [0.717, 1.165) is 6.07 Å². The molecule has 0 unspecified atom stereocenters. The molecular formula is C20H14O18S6. The van der Waals surface area contributed by atoms with Crippen LogP contribution in [0.2, 0.25) is 0 Å². The van der Waals surface area contributed by atoms with E-state index >= 15 is 0 Å².